The Morgan fingerprint density at radius 3 is 3.07 bits per heavy atom. The molecule has 0 radical (unpaired) electrons. The lowest BCUT2D eigenvalue weighted by Crippen LogP contribution is -2.16. The van der Waals surface area contributed by atoms with Crippen LogP contribution in [0, 0.1) is 0 Å². The number of nitrogens with two attached hydrogens (primary N) is 1. The van der Waals surface area contributed by atoms with Crippen molar-refractivity contribution < 1.29 is 9.53 Å². The average molecular weight is 216 g/mol. The number of anilines is 1. The summed E-state index contributed by atoms with van der Waals surface area (Å²) < 4.78 is 4.65. The van der Waals surface area contributed by atoms with E-state index in [-0.39, 0.29) is 12.5 Å². The lowest BCUT2D eigenvalue weighted by atomic mass is 10.5. The molecule has 14 heavy (non-hydrogen) atoms. The predicted octanol–water partition coefficient (Wildman–Crippen LogP) is -0.376. The monoisotopic (exact) mass is 216 g/mol. The Hall–Kier alpha value is -1.05. The number of nitrogens with one attached hydrogen (secondary N) is 1. The predicted molar refractivity (Wildman–Crippen MR) is 53.2 cm³/mol. The molecule has 0 aliphatic heterocycles. The molecule has 0 spiro atoms. The molecule has 0 aliphatic carbocycles. The highest BCUT2D eigenvalue weighted by atomic mass is 32.1. The van der Waals surface area contributed by atoms with Crippen LogP contribution in [0.15, 0.2) is 0 Å². The number of amides is 1. The molecule has 0 fully saturated rings. The highest BCUT2D eigenvalue weighted by molar-refractivity contribution is 7.15. The molecular formula is C7H12N4O2S. The molecule has 78 valence electrons. The minimum atomic E-state index is -0.233. The first-order valence-corrected chi connectivity index (χ1v) is 4.89. The summed E-state index contributed by atoms with van der Waals surface area (Å²) in [5.41, 5.74) is 5.35. The maximum absolute atomic E-state index is 11.1. The van der Waals surface area contributed by atoms with Crippen molar-refractivity contribution in [3.63, 3.8) is 0 Å². The Morgan fingerprint density at radius 1 is 1.64 bits per heavy atom. The molecule has 1 aromatic heterocycles. The van der Waals surface area contributed by atoms with Gasteiger partial charge in [-0.3, -0.25) is 10.1 Å². The molecule has 1 heterocycles. The first kappa shape index (κ1) is 11.0. The van der Waals surface area contributed by atoms with Gasteiger partial charge >= 0.3 is 0 Å². The van der Waals surface area contributed by atoms with E-state index in [0.717, 1.165) is 5.01 Å². The number of carbonyl (C=O) groups is 1. The molecule has 0 saturated heterocycles. The van der Waals surface area contributed by atoms with Gasteiger partial charge in [0.25, 0.3) is 5.91 Å². The van der Waals surface area contributed by atoms with Gasteiger partial charge in [0.1, 0.15) is 11.6 Å². The third kappa shape index (κ3) is 3.36. The Labute approximate surface area is 85.5 Å². The van der Waals surface area contributed by atoms with Crippen molar-refractivity contribution in [2.24, 2.45) is 5.73 Å². The summed E-state index contributed by atoms with van der Waals surface area (Å²) in [7, 11) is 1.46. The van der Waals surface area contributed by atoms with E-state index in [2.05, 4.69) is 20.3 Å². The minimum Gasteiger partial charge on any atom is -0.375 e. The van der Waals surface area contributed by atoms with Crippen LogP contribution in [0.1, 0.15) is 5.01 Å². The third-order valence-electron chi connectivity index (χ3n) is 1.35. The van der Waals surface area contributed by atoms with Crippen LogP contribution in [0.3, 0.4) is 0 Å². The molecule has 0 bridgehead atoms. The van der Waals surface area contributed by atoms with Gasteiger partial charge in [-0.2, -0.15) is 0 Å². The number of nitrogens with zero attached hydrogens (tertiary/aromatic N) is 2. The van der Waals surface area contributed by atoms with E-state index in [9.17, 15) is 4.79 Å². The number of rotatable bonds is 5. The second-order valence-corrected chi connectivity index (χ2v) is 3.58. The molecule has 3 N–H and O–H groups in total. The molecule has 0 saturated carbocycles. The highest BCUT2D eigenvalue weighted by Gasteiger charge is 2.06. The van der Waals surface area contributed by atoms with Crippen molar-refractivity contribution in [2.45, 2.75) is 6.42 Å². The van der Waals surface area contributed by atoms with E-state index in [4.69, 9.17) is 5.73 Å². The van der Waals surface area contributed by atoms with Crippen LogP contribution in [0.5, 0.6) is 0 Å². The molecule has 1 aromatic rings. The lowest BCUT2D eigenvalue weighted by Gasteiger charge is -1.97. The summed E-state index contributed by atoms with van der Waals surface area (Å²) in [6.45, 7) is 0.548. The van der Waals surface area contributed by atoms with Gasteiger partial charge in [-0.1, -0.05) is 11.3 Å². The normalized spacial score (nSPS) is 10.1. The molecule has 6 nitrogen and oxygen atoms in total. The number of carbonyl (C=O) groups excluding carboxylic acids is 1. The Bertz CT molecular complexity index is 302. The summed E-state index contributed by atoms with van der Waals surface area (Å²) in [5.74, 6) is -0.233. The van der Waals surface area contributed by atoms with Gasteiger partial charge in [0.05, 0.1) is 0 Å². The maximum Gasteiger partial charge on any atom is 0.252 e. The van der Waals surface area contributed by atoms with Gasteiger partial charge in [0.15, 0.2) is 0 Å². The standard InChI is InChI=1S/C7H12N4O2S/c1-13-4-5(12)9-7-11-10-6(14-7)2-3-8/h2-4,8H2,1H3,(H,9,11,12). The van der Waals surface area contributed by atoms with E-state index < -0.39 is 0 Å². The first-order chi connectivity index (χ1) is 6.76. The van der Waals surface area contributed by atoms with E-state index in [0.29, 0.717) is 18.1 Å². The van der Waals surface area contributed by atoms with Crippen LogP contribution in [0.25, 0.3) is 0 Å². The summed E-state index contributed by atoms with van der Waals surface area (Å²) in [5, 5.41) is 11.5. The van der Waals surface area contributed by atoms with Crippen molar-refractivity contribution in [1.82, 2.24) is 10.2 Å². The van der Waals surface area contributed by atoms with E-state index in [1.54, 1.807) is 0 Å². The molecule has 0 aliphatic rings. The summed E-state index contributed by atoms with van der Waals surface area (Å²) in [6.07, 6.45) is 0.678. The zero-order valence-corrected chi connectivity index (χ0v) is 8.63. The lowest BCUT2D eigenvalue weighted by molar-refractivity contribution is -0.119. The smallest absolute Gasteiger partial charge is 0.252 e. The van der Waals surface area contributed by atoms with Crippen molar-refractivity contribution in [3.8, 4) is 0 Å². The van der Waals surface area contributed by atoms with Gasteiger partial charge in [0.2, 0.25) is 5.13 Å². The first-order valence-electron chi connectivity index (χ1n) is 4.07. The maximum atomic E-state index is 11.1. The fourth-order valence-corrected chi connectivity index (χ4v) is 1.59. The van der Waals surface area contributed by atoms with Crippen molar-refractivity contribution in [2.75, 3.05) is 25.6 Å². The van der Waals surface area contributed by atoms with Gasteiger partial charge in [-0.15, -0.1) is 10.2 Å². The van der Waals surface area contributed by atoms with Crippen LogP contribution in [-0.2, 0) is 16.0 Å². The van der Waals surface area contributed by atoms with Crippen LogP contribution >= 0.6 is 11.3 Å². The molecular weight excluding hydrogens is 204 g/mol. The fourth-order valence-electron chi connectivity index (χ4n) is 0.815. The molecule has 1 rings (SSSR count). The summed E-state index contributed by atoms with van der Waals surface area (Å²) in [4.78, 5) is 11.1. The van der Waals surface area contributed by atoms with Crippen molar-refractivity contribution in [1.29, 1.82) is 0 Å². The van der Waals surface area contributed by atoms with Crippen LogP contribution < -0.4 is 11.1 Å². The number of ether oxygens (including phenoxy) is 1. The SMILES string of the molecule is COCC(=O)Nc1nnc(CCN)s1. The summed E-state index contributed by atoms with van der Waals surface area (Å²) in [6, 6.07) is 0. The van der Waals surface area contributed by atoms with Crippen LogP contribution in [-0.4, -0.2) is 36.4 Å². The highest BCUT2D eigenvalue weighted by Crippen LogP contribution is 2.14. The summed E-state index contributed by atoms with van der Waals surface area (Å²) >= 11 is 1.32. The minimum absolute atomic E-state index is 0.0196. The van der Waals surface area contributed by atoms with Crippen LogP contribution in [0.2, 0.25) is 0 Å². The number of hydrogen-bond acceptors (Lipinski definition) is 6. The largest absolute Gasteiger partial charge is 0.375 e. The second-order valence-electron chi connectivity index (χ2n) is 2.52. The molecule has 0 unspecified atom stereocenters. The molecule has 1 amide bonds. The molecule has 7 heteroatoms. The zero-order chi connectivity index (χ0) is 10.4. The van der Waals surface area contributed by atoms with Gasteiger partial charge in [-0.25, -0.2) is 0 Å². The number of aromatic nitrogens is 2. The second kappa shape index (κ2) is 5.63. The molecule has 0 atom stereocenters. The number of methoxy groups -OCH3 is 1. The van der Waals surface area contributed by atoms with E-state index in [1.165, 1.54) is 18.4 Å². The van der Waals surface area contributed by atoms with Gasteiger partial charge < -0.3 is 10.5 Å². The third-order valence-corrected chi connectivity index (χ3v) is 2.25. The average Bonchev–Trinajstić information content (AvgIpc) is 2.53. The quantitative estimate of drug-likeness (QED) is 0.700. The Morgan fingerprint density at radius 2 is 2.43 bits per heavy atom. The zero-order valence-electron chi connectivity index (χ0n) is 7.82. The molecule has 0 aromatic carbocycles. The topological polar surface area (TPSA) is 90.1 Å². The van der Waals surface area contributed by atoms with E-state index >= 15 is 0 Å². The van der Waals surface area contributed by atoms with E-state index in [1.807, 2.05) is 0 Å². The Balaban J connectivity index is 2.46. The fraction of sp³-hybridized carbons (Fsp3) is 0.571. The Kier molecular flexibility index (Phi) is 4.44. The van der Waals surface area contributed by atoms with Crippen molar-refractivity contribution in [3.05, 3.63) is 5.01 Å². The number of hydrogen-bond donors (Lipinski definition) is 2. The van der Waals surface area contributed by atoms with Crippen molar-refractivity contribution >= 4 is 22.4 Å². The van der Waals surface area contributed by atoms with Crippen LogP contribution in [0.4, 0.5) is 5.13 Å². The van der Waals surface area contributed by atoms with Gasteiger partial charge in [0, 0.05) is 13.5 Å². The van der Waals surface area contributed by atoms with Gasteiger partial charge in [-0.05, 0) is 6.54 Å².